The molecule has 61 heavy (non-hydrogen) atoms. The van der Waals surface area contributed by atoms with E-state index in [1.165, 1.54) is 89.1 Å². The second-order valence-corrected chi connectivity index (χ2v) is 27.6. The van der Waals surface area contributed by atoms with E-state index in [2.05, 4.69) is 183 Å². The van der Waals surface area contributed by atoms with Crippen LogP contribution in [0, 0.1) is 0 Å². The van der Waals surface area contributed by atoms with E-state index in [0.29, 0.717) is 6.04 Å². The molecule has 0 atom stereocenters. The van der Waals surface area contributed by atoms with E-state index in [-0.39, 0.29) is 79.0 Å². The van der Waals surface area contributed by atoms with Gasteiger partial charge in [0.15, 0.2) is 0 Å². The lowest BCUT2D eigenvalue weighted by Gasteiger charge is -2.51. The highest BCUT2D eigenvalue weighted by Crippen LogP contribution is 2.60. The van der Waals surface area contributed by atoms with Crippen molar-refractivity contribution < 1.29 is 76.9 Å². The number of quaternary nitrogens is 2. The molecule has 1 heterocycles. The summed E-state index contributed by atoms with van der Waals surface area (Å²) in [5.41, 5.74) is 6.34. The number of rotatable bonds is 22. The number of nitrogens with two attached hydrogens (primary N) is 1. The van der Waals surface area contributed by atoms with Gasteiger partial charge in [0.25, 0.3) is 0 Å². The van der Waals surface area contributed by atoms with Gasteiger partial charge < -0.3 is 87.9 Å². The Kier molecular flexibility index (Phi) is 25.5. The Balaban J connectivity index is 0.00000465. The third-order valence-corrected chi connectivity index (χ3v) is 22.8. The van der Waals surface area contributed by atoms with Crippen molar-refractivity contribution in [2.24, 2.45) is 5.73 Å². The third kappa shape index (κ3) is 16.7. The van der Waals surface area contributed by atoms with Crippen LogP contribution in [0.5, 0.6) is 0 Å². The van der Waals surface area contributed by atoms with E-state index in [0.717, 1.165) is 22.1 Å². The summed E-state index contributed by atoms with van der Waals surface area (Å²) in [5, 5.41) is 10.3. The van der Waals surface area contributed by atoms with Gasteiger partial charge in [0.2, 0.25) is 0 Å². The van der Waals surface area contributed by atoms with Crippen LogP contribution in [0.1, 0.15) is 79.1 Å². The Morgan fingerprint density at radius 1 is 0.475 bits per heavy atom. The number of unbranched alkanes of at least 4 members (excludes halogenated alkanes) is 3. The summed E-state index contributed by atoms with van der Waals surface area (Å²) in [4.78, 5) is 0. The Labute approximate surface area is 416 Å². The highest BCUT2D eigenvalue weighted by molar-refractivity contribution is 7.90. The van der Waals surface area contributed by atoms with Crippen LogP contribution in [0.3, 0.4) is 0 Å². The second kappa shape index (κ2) is 26.6. The van der Waals surface area contributed by atoms with Crippen molar-refractivity contribution in [1.82, 2.24) is 5.32 Å². The minimum absolute atomic E-state index is 0. The molecule has 4 nitrogen and oxygen atoms in total. The zero-order chi connectivity index (χ0) is 41.0. The number of piperidine rings is 1. The van der Waals surface area contributed by atoms with E-state index in [9.17, 15) is 0 Å². The molecule has 3 N–H and O–H groups in total. The molecular formula is C51H80Br4N4P2. The molecule has 0 saturated carbocycles. The van der Waals surface area contributed by atoms with Crippen LogP contribution in [-0.2, 0) is 0 Å². The molecule has 342 valence electrons. The molecule has 1 aliphatic rings. The van der Waals surface area contributed by atoms with Gasteiger partial charge in [-0.2, -0.15) is 0 Å². The molecular weight excluding hydrogens is 1050 g/mol. The fraction of sp³-hybridized carbons (Fsp3) is 0.529. The highest BCUT2D eigenvalue weighted by atomic mass is 79.9. The van der Waals surface area contributed by atoms with E-state index in [1.807, 2.05) is 0 Å². The van der Waals surface area contributed by atoms with Gasteiger partial charge in [-0.05, 0) is 102 Å². The minimum atomic E-state index is -1.65. The Morgan fingerprint density at radius 2 is 0.770 bits per heavy atom. The largest absolute Gasteiger partial charge is 1.00 e. The molecule has 0 aromatic heterocycles. The molecule has 0 unspecified atom stereocenters. The summed E-state index contributed by atoms with van der Waals surface area (Å²) < 4.78 is 2.12. The van der Waals surface area contributed by atoms with Gasteiger partial charge >= 0.3 is 0 Å². The summed E-state index contributed by atoms with van der Waals surface area (Å²) >= 11 is 0. The smallest absolute Gasteiger partial charge is 0.0991 e. The first-order chi connectivity index (χ1) is 27.1. The number of benzene rings is 4. The number of hydrogen-bond acceptors (Lipinski definition) is 2. The van der Waals surface area contributed by atoms with Gasteiger partial charge in [-0.15, -0.1) is 0 Å². The van der Waals surface area contributed by atoms with Crippen molar-refractivity contribution in [1.29, 1.82) is 0 Å². The third-order valence-electron chi connectivity index (χ3n) is 13.3. The quantitative estimate of drug-likeness (QED) is 0.0505. The van der Waals surface area contributed by atoms with Crippen molar-refractivity contribution in [2.45, 2.75) is 96.2 Å². The molecule has 1 aliphatic heterocycles. The maximum atomic E-state index is 6.00. The number of nitrogens with one attached hydrogen (secondary N) is 1. The lowest BCUT2D eigenvalue weighted by molar-refractivity contribution is -0.917. The summed E-state index contributed by atoms with van der Waals surface area (Å²) in [5.74, 6) is 0. The van der Waals surface area contributed by atoms with E-state index in [1.54, 1.807) is 21.2 Å². The molecule has 0 spiro atoms. The van der Waals surface area contributed by atoms with E-state index < -0.39 is 14.5 Å². The molecule has 0 radical (unpaired) electrons. The topological polar surface area (TPSA) is 38.0 Å². The van der Waals surface area contributed by atoms with E-state index >= 15 is 0 Å². The van der Waals surface area contributed by atoms with Crippen molar-refractivity contribution in [2.75, 3.05) is 79.0 Å². The Morgan fingerprint density at radius 3 is 1.08 bits per heavy atom. The van der Waals surface area contributed by atoms with Crippen molar-refractivity contribution in [3.63, 3.8) is 0 Å². The molecule has 0 bridgehead atoms. The standard InChI is InChI=1S/C51H80N4P2.4BrH/c1-50(2)43-45(44-51(3,4)53-50)55(7,8)37-22-24-40-57(48-31-17-11-18-32-48,49-33-19-12-20-34-49)42-26-25-41-56(46-27-13-9-14-28-46,47-29-15-10-16-30-47)39-23-21-36-54(5,6)38-35-52;;;;/h9-20,27-34,45,53H,21-26,35-44,52H2,1-8H3;4*1H/q+4;;;;/p-4. The molecule has 10 heteroatoms. The van der Waals surface area contributed by atoms with Gasteiger partial charge in [-0.3, -0.25) is 0 Å². The predicted molar refractivity (Wildman–Crippen MR) is 258 cm³/mol. The normalized spacial score (nSPS) is 15.4. The highest BCUT2D eigenvalue weighted by Gasteiger charge is 2.46. The first-order valence-corrected chi connectivity index (χ1v) is 26.5. The van der Waals surface area contributed by atoms with Gasteiger partial charge in [0, 0.05) is 43.3 Å². The van der Waals surface area contributed by atoms with Gasteiger partial charge in [0.05, 0.1) is 114 Å². The predicted octanol–water partition coefficient (Wildman–Crippen LogP) is -2.90. The Hall–Kier alpha value is -0.500. The fourth-order valence-electron chi connectivity index (χ4n) is 10.4. The molecule has 4 aromatic rings. The molecule has 4 aromatic carbocycles. The fourth-order valence-corrected chi connectivity index (χ4v) is 19.5. The average molecular weight is 1130 g/mol. The molecule has 5 rings (SSSR count). The first kappa shape index (κ1) is 58.5. The SMILES string of the molecule is CC1(C)CC([N+](C)(C)CCCC[P+](CCCC[P+](CCCC[N+](C)(C)CCN)(c2ccccc2)c2ccccc2)(c2ccccc2)c2ccccc2)CC(C)(C)N1.[Br-].[Br-].[Br-].[Br-]. The van der Waals surface area contributed by atoms with Gasteiger partial charge in [0.1, 0.15) is 0 Å². The second-order valence-electron chi connectivity index (χ2n) is 19.9. The molecule has 0 amide bonds. The summed E-state index contributed by atoms with van der Waals surface area (Å²) in [7, 11) is 6.42. The van der Waals surface area contributed by atoms with Crippen molar-refractivity contribution in [3.8, 4) is 0 Å². The lowest BCUT2D eigenvalue weighted by atomic mass is 9.78. The number of hydrogen-bond donors (Lipinski definition) is 2. The molecule has 1 fully saturated rings. The van der Waals surface area contributed by atoms with Gasteiger partial charge in [-0.25, -0.2) is 0 Å². The number of nitrogens with zero attached hydrogens (tertiary/aromatic N) is 2. The van der Waals surface area contributed by atoms with Crippen LogP contribution < -0.4 is 100 Å². The Bertz CT molecular complexity index is 1670. The first-order valence-electron chi connectivity index (χ1n) is 22.2. The zero-order valence-electron chi connectivity index (χ0n) is 38.8. The van der Waals surface area contributed by atoms with Crippen molar-refractivity contribution in [3.05, 3.63) is 121 Å². The average Bonchev–Trinajstić information content (AvgIpc) is 3.18. The van der Waals surface area contributed by atoms with Crippen LogP contribution in [0.25, 0.3) is 0 Å². The van der Waals surface area contributed by atoms with Crippen LogP contribution in [0.15, 0.2) is 121 Å². The maximum absolute atomic E-state index is 6.00. The lowest BCUT2D eigenvalue weighted by Crippen LogP contribution is -3.00. The van der Waals surface area contributed by atoms with Gasteiger partial charge in [-0.1, -0.05) is 72.8 Å². The van der Waals surface area contributed by atoms with Crippen LogP contribution in [0.2, 0.25) is 0 Å². The zero-order valence-corrected chi connectivity index (χ0v) is 46.9. The molecule has 0 aliphatic carbocycles. The summed E-state index contributed by atoms with van der Waals surface area (Å²) in [6.45, 7) is 13.8. The van der Waals surface area contributed by atoms with Crippen LogP contribution in [0.4, 0.5) is 0 Å². The van der Waals surface area contributed by atoms with Crippen LogP contribution in [-0.4, -0.2) is 105 Å². The number of halogens is 4. The number of likely N-dealkylation sites (N-methyl/N-ethyl adjacent to an activating group) is 1. The molecule has 1 saturated heterocycles. The summed E-state index contributed by atoms with van der Waals surface area (Å²) in [6, 6.07) is 47.5. The summed E-state index contributed by atoms with van der Waals surface area (Å²) in [6.07, 6.45) is 15.2. The monoisotopic (exact) mass is 1130 g/mol. The van der Waals surface area contributed by atoms with E-state index in [4.69, 9.17) is 5.73 Å². The van der Waals surface area contributed by atoms with Crippen LogP contribution >= 0.6 is 14.5 Å². The minimum Gasteiger partial charge on any atom is -1.00 e. The maximum Gasteiger partial charge on any atom is 0.0991 e. The van der Waals surface area contributed by atoms with Crippen molar-refractivity contribution >= 4 is 35.7 Å².